The largest absolute Gasteiger partial charge is 0.478 e. The summed E-state index contributed by atoms with van der Waals surface area (Å²) >= 11 is 0. The maximum atomic E-state index is 12.9. The van der Waals surface area contributed by atoms with E-state index in [2.05, 4.69) is 15.1 Å². The summed E-state index contributed by atoms with van der Waals surface area (Å²) in [7, 11) is -4.17. The summed E-state index contributed by atoms with van der Waals surface area (Å²) in [5.41, 5.74) is 1.40. The van der Waals surface area contributed by atoms with Crippen LogP contribution in [-0.2, 0) is 21.4 Å². The van der Waals surface area contributed by atoms with Gasteiger partial charge in [-0.25, -0.2) is 13.1 Å². The van der Waals surface area contributed by atoms with E-state index in [1.165, 1.54) is 18.3 Å². The molecule has 2 amide bonds. The van der Waals surface area contributed by atoms with Gasteiger partial charge in [-0.15, -0.1) is 0 Å². The van der Waals surface area contributed by atoms with Gasteiger partial charge in [0.15, 0.2) is 6.10 Å². The van der Waals surface area contributed by atoms with Crippen molar-refractivity contribution >= 4 is 27.5 Å². The van der Waals surface area contributed by atoms with Gasteiger partial charge < -0.3 is 10.1 Å². The predicted octanol–water partition coefficient (Wildman–Crippen LogP) is 1.99. The summed E-state index contributed by atoms with van der Waals surface area (Å²) in [4.78, 5) is 24.6. The van der Waals surface area contributed by atoms with Crippen LogP contribution in [0.15, 0.2) is 23.2 Å². The Morgan fingerprint density at radius 2 is 2.03 bits per heavy atom. The summed E-state index contributed by atoms with van der Waals surface area (Å²) in [5, 5.41) is 6.90. The number of amides is 2. The van der Waals surface area contributed by atoms with Crippen molar-refractivity contribution in [1.82, 2.24) is 14.5 Å². The Kier molecular flexibility index (Phi) is 5.40. The third-order valence-corrected chi connectivity index (χ3v) is 6.16. The number of ether oxygens (including phenoxy) is 1. The van der Waals surface area contributed by atoms with Gasteiger partial charge in [0.25, 0.3) is 21.8 Å². The smallest absolute Gasteiger partial charge is 0.268 e. The average Bonchev–Trinajstić information content (AvgIpc) is 3.01. The normalized spacial score (nSPS) is 16.2. The zero-order valence-corrected chi connectivity index (χ0v) is 17.8. The van der Waals surface area contributed by atoms with E-state index in [0.717, 1.165) is 0 Å². The second kappa shape index (κ2) is 7.51. The zero-order valence-electron chi connectivity index (χ0n) is 16.9. The highest BCUT2D eigenvalue weighted by molar-refractivity contribution is 7.90. The van der Waals surface area contributed by atoms with Crippen molar-refractivity contribution in [2.45, 2.75) is 52.2 Å². The SMILES string of the molecule is CCn1cc(C(=O)NS(=O)(=O)c2cc3c(cc2C)NC(=O)C(C(C)C)O3)c(C)n1. The van der Waals surface area contributed by atoms with Crippen molar-refractivity contribution in [3.63, 3.8) is 0 Å². The fourth-order valence-corrected chi connectivity index (χ4v) is 4.33. The lowest BCUT2D eigenvalue weighted by Gasteiger charge is -2.29. The van der Waals surface area contributed by atoms with Crippen molar-refractivity contribution < 1.29 is 22.7 Å². The van der Waals surface area contributed by atoms with Gasteiger partial charge in [-0.05, 0) is 38.3 Å². The molecule has 2 N–H and O–H groups in total. The molecule has 0 saturated heterocycles. The predicted molar refractivity (Wildman–Crippen MR) is 106 cm³/mol. The van der Waals surface area contributed by atoms with Gasteiger partial charge in [0.05, 0.1) is 21.8 Å². The Hall–Kier alpha value is -2.88. The molecule has 0 aliphatic carbocycles. The molecule has 2 aromatic rings. The number of fused-ring (bicyclic) bond motifs is 1. The second-order valence-electron chi connectivity index (χ2n) is 7.30. The molecule has 0 saturated carbocycles. The lowest BCUT2D eigenvalue weighted by atomic mass is 10.0. The molecule has 0 fully saturated rings. The first-order valence-corrected chi connectivity index (χ1v) is 10.7. The van der Waals surface area contributed by atoms with E-state index in [-0.39, 0.29) is 28.0 Å². The van der Waals surface area contributed by atoms with Crippen LogP contribution in [-0.4, -0.2) is 36.1 Å². The molecule has 10 heteroatoms. The van der Waals surface area contributed by atoms with E-state index in [1.807, 2.05) is 20.8 Å². The third-order valence-electron chi connectivity index (χ3n) is 4.68. The molecule has 0 bridgehead atoms. The first kappa shape index (κ1) is 20.8. The molecule has 9 nitrogen and oxygen atoms in total. The van der Waals surface area contributed by atoms with Crippen LogP contribution in [0.2, 0.25) is 0 Å². The van der Waals surface area contributed by atoms with E-state index < -0.39 is 22.0 Å². The van der Waals surface area contributed by atoms with E-state index >= 15 is 0 Å². The van der Waals surface area contributed by atoms with Crippen LogP contribution in [0.1, 0.15) is 42.4 Å². The van der Waals surface area contributed by atoms with Crippen molar-refractivity contribution in [3.8, 4) is 5.75 Å². The molecule has 29 heavy (non-hydrogen) atoms. The Balaban J connectivity index is 1.93. The van der Waals surface area contributed by atoms with Crippen molar-refractivity contribution in [3.05, 3.63) is 35.2 Å². The number of carbonyl (C=O) groups excluding carboxylic acids is 2. The minimum Gasteiger partial charge on any atom is -0.478 e. The van der Waals surface area contributed by atoms with E-state index in [0.29, 0.717) is 23.5 Å². The Morgan fingerprint density at radius 3 is 2.62 bits per heavy atom. The summed E-state index contributed by atoms with van der Waals surface area (Å²) < 4.78 is 35.1. The van der Waals surface area contributed by atoms with Gasteiger partial charge in [0.2, 0.25) is 0 Å². The number of hydrogen-bond donors (Lipinski definition) is 2. The van der Waals surface area contributed by atoms with Gasteiger partial charge in [-0.3, -0.25) is 14.3 Å². The molecule has 2 heterocycles. The van der Waals surface area contributed by atoms with Crippen molar-refractivity contribution in [2.24, 2.45) is 5.92 Å². The van der Waals surface area contributed by atoms with Gasteiger partial charge in [-0.1, -0.05) is 13.8 Å². The molecule has 1 aliphatic rings. The van der Waals surface area contributed by atoms with Gasteiger partial charge in [0, 0.05) is 18.8 Å². The summed E-state index contributed by atoms with van der Waals surface area (Å²) in [6.07, 6.45) is 0.782. The number of rotatable bonds is 5. The molecule has 1 atom stereocenters. The highest BCUT2D eigenvalue weighted by Crippen LogP contribution is 2.35. The van der Waals surface area contributed by atoms with Crippen LogP contribution < -0.4 is 14.8 Å². The molecule has 1 aromatic heterocycles. The standard InChI is InChI=1S/C19H24N4O5S/c1-6-23-9-13(12(5)21-23)18(24)22-29(26,27)16-8-15-14(7-11(16)4)20-19(25)17(28-15)10(2)3/h7-10,17H,6H2,1-5H3,(H,20,25)(H,22,24). The number of aromatic nitrogens is 2. The first-order valence-electron chi connectivity index (χ1n) is 9.26. The first-order chi connectivity index (χ1) is 13.5. The maximum absolute atomic E-state index is 12.9. The van der Waals surface area contributed by atoms with Crippen molar-refractivity contribution in [2.75, 3.05) is 5.32 Å². The zero-order chi connectivity index (χ0) is 21.5. The minimum atomic E-state index is -4.17. The molecule has 3 rings (SSSR count). The number of anilines is 1. The average molecular weight is 420 g/mol. The number of aryl methyl sites for hydroxylation is 3. The molecule has 0 radical (unpaired) electrons. The summed E-state index contributed by atoms with van der Waals surface area (Å²) in [6, 6.07) is 2.85. The topological polar surface area (TPSA) is 119 Å². The summed E-state index contributed by atoms with van der Waals surface area (Å²) in [6.45, 7) is 9.32. The monoisotopic (exact) mass is 420 g/mol. The quantitative estimate of drug-likeness (QED) is 0.763. The number of nitrogens with one attached hydrogen (secondary N) is 2. The molecule has 1 unspecified atom stereocenters. The van der Waals surface area contributed by atoms with Crippen LogP contribution in [0.5, 0.6) is 5.75 Å². The van der Waals surface area contributed by atoms with Crippen LogP contribution in [0.25, 0.3) is 0 Å². The molecular formula is C19H24N4O5S. The van der Waals surface area contributed by atoms with Crippen LogP contribution in [0, 0.1) is 19.8 Å². The number of benzene rings is 1. The Morgan fingerprint density at radius 1 is 1.34 bits per heavy atom. The minimum absolute atomic E-state index is 0.0937. The fourth-order valence-electron chi connectivity index (χ4n) is 3.12. The lowest BCUT2D eigenvalue weighted by molar-refractivity contribution is -0.125. The Labute approximate surface area is 169 Å². The molecule has 1 aromatic carbocycles. The fraction of sp³-hybridized carbons (Fsp3) is 0.421. The van der Waals surface area contributed by atoms with Gasteiger partial charge >= 0.3 is 0 Å². The van der Waals surface area contributed by atoms with Crippen LogP contribution >= 0.6 is 0 Å². The third kappa shape index (κ3) is 3.98. The molecule has 1 aliphatic heterocycles. The van der Waals surface area contributed by atoms with E-state index in [4.69, 9.17) is 4.74 Å². The Bertz CT molecular complexity index is 1090. The van der Waals surface area contributed by atoms with E-state index in [9.17, 15) is 18.0 Å². The highest BCUT2D eigenvalue weighted by Gasteiger charge is 2.32. The van der Waals surface area contributed by atoms with Gasteiger partial charge in [0.1, 0.15) is 5.75 Å². The van der Waals surface area contributed by atoms with Crippen LogP contribution in [0.4, 0.5) is 5.69 Å². The maximum Gasteiger partial charge on any atom is 0.268 e. The second-order valence-corrected chi connectivity index (χ2v) is 8.95. The lowest BCUT2D eigenvalue weighted by Crippen LogP contribution is -2.40. The molecule has 0 spiro atoms. The summed E-state index contributed by atoms with van der Waals surface area (Å²) in [5.74, 6) is -0.883. The number of nitrogens with zero attached hydrogens (tertiary/aromatic N) is 2. The number of carbonyl (C=O) groups is 2. The number of hydrogen-bond acceptors (Lipinski definition) is 6. The van der Waals surface area contributed by atoms with Gasteiger partial charge in [-0.2, -0.15) is 5.10 Å². The molecule has 156 valence electrons. The molecular weight excluding hydrogens is 396 g/mol. The van der Waals surface area contributed by atoms with Crippen LogP contribution in [0.3, 0.4) is 0 Å². The van der Waals surface area contributed by atoms with E-state index in [1.54, 1.807) is 18.5 Å². The van der Waals surface area contributed by atoms with Crippen molar-refractivity contribution in [1.29, 1.82) is 0 Å². The highest BCUT2D eigenvalue weighted by atomic mass is 32.2. The number of sulfonamides is 1.